The van der Waals surface area contributed by atoms with Crippen LogP contribution in [0.4, 0.5) is 16.5 Å². The first-order chi connectivity index (χ1) is 19.1. The van der Waals surface area contributed by atoms with Crippen molar-refractivity contribution in [3.63, 3.8) is 0 Å². The summed E-state index contributed by atoms with van der Waals surface area (Å²) in [5.41, 5.74) is 1.76. The van der Waals surface area contributed by atoms with Gasteiger partial charge in [0.25, 0.3) is 10.0 Å². The number of carbonyl (C=O) groups is 2. The number of aromatic nitrogens is 1. The maximum absolute atomic E-state index is 14.1. The summed E-state index contributed by atoms with van der Waals surface area (Å²) in [4.78, 5) is 33.0. The second kappa shape index (κ2) is 11.8. The molecular weight excluding hydrogens is 570 g/mol. The van der Waals surface area contributed by atoms with Crippen molar-refractivity contribution in [2.75, 3.05) is 34.2 Å². The van der Waals surface area contributed by atoms with Crippen molar-refractivity contribution in [2.24, 2.45) is 5.92 Å². The summed E-state index contributed by atoms with van der Waals surface area (Å²) in [5.74, 6) is -0.436. The largest absolute Gasteiger partial charge is 0.356 e. The van der Waals surface area contributed by atoms with Crippen LogP contribution in [0.5, 0.6) is 0 Å². The van der Waals surface area contributed by atoms with Crippen LogP contribution in [0, 0.1) is 19.8 Å². The van der Waals surface area contributed by atoms with Gasteiger partial charge in [0.1, 0.15) is 6.04 Å². The molecule has 2 aliphatic rings. The van der Waals surface area contributed by atoms with Crippen LogP contribution in [0.1, 0.15) is 36.8 Å². The number of aryl methyl sites for hydroxylation is 2. The van der Waals surface area contributed by atoms with E-state index in [9.17, 15) is 18.0 Å². The third-order valence-corrected chi connectivity index (χ3v) is 10.7. The van der Waals surface area contributed by atoms with Crippen molar-refractivity contribution >= 4 is 61.3 Å². The molecule has 0 radical (unpaired) electrons. The maximum atomic E-state index is 14.1. The molecule has 0 saturated carbocycles. The van der Waals surface area contributed by atoms with Crippen molar-refractivity contribution in [3.05, 3.63) is 64.1 Å². The topological polar surface area (TPSA) is 112 Å². The number of hydrogen-bond acceptors (Lipinski definition) is 7. The first-order valence-electron chi connectivity index (χ1n) is 13.3. The molecule has 1 fully saturated rings. The molecule has 12 heteroatoms. The van der Waals surface area contributed by atoms with Gasteiger partial charge in [0.2, 0.25) is 11.8 Å². The molecule has 2 amide bonds. The molecule has 1 atom stereocenters. The van der Waals surface area contributed by atoms with Gasteiger partial charge >= 0.3 is 0 Å². The highest BCUT2D eigenvalue weighted by molar-refractivity contribution is 7.93. The number of benzene rings is 2. The van der Waals surface area contributed by atoms with E-state index in [0.717, 1.165) is 41.8 Å². The van der Waals surface area contributed by atoms with E-state index in [0.29, 0.717) is 40.0 Å². The number of para-hydroxylation sites is 2. The van der Waals surface area contributed by atoms with Gasteiger partial charge in [-0.1, -0.05) is 23.7 Å². The highest BCUT2D eigenvalue weighted by Crippen LogP contribution is 2.38. The molecular formula is C28H32ClN5O4S2. The van der Waals surface area contributed by atoms with Crippen molar-refractivity contribution in [2.45, 2.75) is 50.5 Å². The van der Waals surface area contributed by atoms with Crippen LogP contribution >= 0.6 is 22.9 Å². The van der Waals surface area contributed by atoms with Crippen molar-refractivity contribution in [3.8, 4) is 0 Å². The number of nitrogens with one attached hydrogen (secondary N) is 2. The Hall–Kier alpha value is -3.15. The number of carbonyl (C=O) groups excluding carboxylic acids is 2. The number of nitrogens with zero attached hydrogens (tertiary/aromatic N) is 3. The summed E-state index contributed by atoms with van der Waals surface area (Å²) in [6.07, 6.45) is 4.37. The zero-order valence-corrected chi connectivity index (χ0v) is 24.8. The Morgan fingerprint density at radius 3 is 2.65 bits per heavy atom. The molecule has 0 spiro atoms. The Labute approximate surface area is 243 Å². The fourth-order valence-electron chi connectivity index (χ4n) is 5.32. The number of piperidine rings is 1. The van der Waals surface area contributed by atoms with Gasteiger partial charge in [-0.15, -0.1) is 11.3 Å². The van der Waals surface area contributed by atoms with E-state index in [-0.39, 0.29) is 17.2 Å². The third-order valence-electron chi connectivity index (χ3n) is 7.54. The number of fused-ring (bicyclic) bond motifs is 1. The van der Waals surface area contributed by atoms with Gasteiger partial charge in [0.15, 0.2) is 5.13 Å². The van der Waals surface area contributed by atoms with E-state index in [2.05, 4.69) is 20.5 Å². The lowest BCUT2D eigenvalue weighted by molar-refractivity contribution is -0.125. The lowest BCUT2D eigenvalue weighted by atomic mass is 9.94. The number of sulfonamides is 1. The third kappa shape index (κ3) is 5.82. The number of amides is 2. The monoisotopic (exact) mass is 601 g/mol. The summed E-state index contributed by atoms with van der Waals surface area (Å²) in [7, 11) is -4.21. The zero-order valence-electron chi connectivity index (χ0n) is 22.4. The molecule has 0 aliphatic carbocycles. The molecule has 3 heterocycles. The summed E-state index contributed by atoms with van der Waals surface area (Å²) in [5, 5.41) is 9.17. The lowest BCUT2D eigenvalue weighted by Crippen LogP contribution is -2.53. The first kappa shape index (κ1) is 28.4. The van der Waals surface area contributed by atoms with Gasteiger partial charge in [-0.3, -0.25) is 13.9 Å². The van der Waals surface area contributed by atoms with Gasteiger partial charge in [0, 0.05) is 36.2 Å². The number of hydrogen-bond donors (Lipinski definition) is 2. The summed E-state index contributed by atoms with van der Waals surface area (Å²) in [6.45, 7) is 5.73. The van der Waals surface area contributed by atoms with Gasteiger partial charge in [-0.2, -0.15) is 0 Å². The minimum atomic E-state index is -4.21. The van der Waals surface area contributed by atoms with Gasteiger partial charge < -0.3 is 15.5 Å². The second-order valence-electron chi connectivity index (χ2n) is 10.3. The van der Waals surface area contributed by atoms with E-state index in [1.807, 2.05) is 11.6 Å². The molecule has 2 N–H and O–H groups in total. The highest BCUT2D eigenvalue weighted by Gasteiger charge is 2.42. The lowest BCUT2D eigenvalue weighted by Gasteiger charge is -2.37. The molecule has 40 heavy (non-hydrogen) atoms. The van der Waals surface area contributed by atoms with Gasteiger partial charge in [-0.25, -0.2) is 13.4 Å². The average Bonchev–Trinajstić information content (AvgIpc) is 3.46. The predicted octanol–water partition coefficient (Wildman–Crippen LogP) is 4.74. The minimum Gasteiger partial charge on any atom is -0.356 e. The van der Waals surface area contributed by atoms with Gasteiger partial charge in [0.05, 0.1) is 22.7 Å². The van der Waals surface area contributed by atoms with Crippen LogP contribution in [-0.4, -0.2) is 50.9 Å². The summed E-state index contributed by atoms with van der Waals surface area (Å²) >= 11 is 7.87. The normalized spacial score (nSPS) is 17.9. The van der Waals surface area contributed by atoms with E-state index in [4.69, 9.17) is 11.6 Å². The molecule has 5 rings (SSSR count). The molecule has 2 aromatic carbocycles. The quantitative estimate of drug-likeness (QED) is 0.386. The Kier molecular flexibility index (Phi) is 8.34. The van der Waals surface area contributed by atoms with Crippen LogP contribution in [0.25, 0.3) is 0 Å². The smallest absolute Gasteiger partial charge is 0.265 e. The summed E-state index contributed by atoms with van der Waals surface area (Å²) in [6, 6.07) is 8.57. The maximum Gasteiger partial charge on any atom is 0.265 e. The number of thiazole rings is 1. The van der Waals surface area contributed by atoms with Crippen LogP contribution in [0.3, 0.4) is 0 Å². The van der Waals surface area contributed by atoms with Gasteiger partial charge in [-0.05, 0) is 74.4 Å². The van der Waals surface area contributed by atoms with Crippen molar-refractivity contribution < 1.29 is 18.0 Å². The zero-order chi connectivity index (χ0) is 28.4. The Bertz CT molecular complexity index is 1500. The standard InChI is InChI=1S/C28H32ClN5O4S2/c1-18-16-25(19(2)15-21(18)29)40(37,38)34-23-6-4-3-5-22(23)32-27(36)24(34)17-26(35)30-10-7-20-8-12-33(13-9-20)28-31-11-14-39-28/h3-6,11,14-16,20,24H,7-10,12-13,17H2,1-2H3,(H,30,35)(H,32,36)/t24-/m1/s1. The molecule has 1 aromatic heterocycles. The molecule has 0 bridgehead atoms. The van der Waals surface area contributed by atoms with E-state index in [1.54, 1.807) is 55.5 Å². The molecule has 3 aromatic rings. The van der Waals surface area contributed by atoms with E-state index < -0.39 is 22.0 Å². The van der Waals surface area contributed by atoms with Crippen LogP contribution in [0.2, 0.25) is 5.02 Å². The van der Waals surface area contributed by atoms with Crippen LogP contribution in [-0.2, 0) is 19.6 Å². The van der Waals surface area contributed by atoms with Crippen LogP contribution in [0.15, 0.2) is 52.9 Å². The fourth-order valence-corrected chi connectivity index (χ4v) is 8.16. The minimum absolute atomic E-state index is 0.0494. The number of anilines is 3. The predicted molar refractivity (Wildman–Crippen MR) is 159 cm³/mol. The highest BCUT2D eigenvalue weighted by atomic mass is 35.5. The Balaban J connectivity index is 1.28. The Morgan fingerprint density at radius 1 is 1.18 bits per heavy atom. The molecule has 2 aliphatic heterocycles. The fraction of sp³-hybridized carbons (Fsp3) is 0.393. The number of halogens is 1. The number of rotatable bonds is 8. The van der Waals surface area contributed by atoms with Crippen molar-refractivity contribution in [1.29, 1.82) is 0 Å². The van der Waals surface area contributed by atoms with E-state index in [1.165, 1.54) is 6.07 Å². The first-order valence-corrected chi connectivity index (χ1v) is 16.0. The molecule has 0 unspecified atom stereocenters. The summed E-state index contributed by atoms with van der Waals surface area (Å²) < 4.78 is 29.2. The Morgan fingerprint density at radius 2 is 1.93 bits per heavy atom. The molecule has 1 saturated heterocycles. The van der Waals surface area contributed by atoms with Crippen LogP contribution < -0.4 is 19.8 Å². The molecule has 9 nitrogen and oxygen atoms in total. The SMILES string of the molecule is Cc1cc(S(=O)(=O)N2c3ccccc3NC(=O)[C@H]2CC(=O)NCCC2CCN(c3nccs3)CC2)c(C)cc1Cl. The molecule has 212 valence electrons. The second-order valence-corrected chi connectivity index (χ2v) is 13.3. The van der Waals surface area contributed by atoms with Crippen molar-refractivity contribution in [1.82, 2.24) is 10.3 Å². The average molecular weight is 602 g/mol. The van der Waals surface area contributed by atoms with E-state index >= 15 is 0 Å².